The van der Waals surface area contributed by atoms with Crippen molar-refractivity contribution in [2.75, 3.05) is 19.8 Å². The van der Waals surface area contributed by atoms with Gasteiger partial charge in [-0.3, -0.25) is 4.79 Å². The fraction of sp³-hybridized carbons (Fsp3) is 0.875. The zero-order valence-electron chi connectivity index (χ0n) is 7.69. The fourth-order valence-corrected chi connectivity index (χ4v) is 1.10. The van der Waals surface area contributed by atoms with E-state index in [1.54, 1.807) is 6.92 Å². The quantitative estimate of drug-likeness (QED) is 0.611. The van der Waals surface area contributed by atoms with Crippen LogP contribution in [0.2, 0.25) is 0 Å². The molecular formula is C8H15NO4. The van der Waals surface area contributed by atoms with Gasteiger partial charge in [0.2, 0.25) is 0 Å². The Labute approximate surface area is 77.1 Å². The first-order valence-corrected chi connectivity index (χ1v) is 4.39. The van der Waals surface area contributed by atoms with Gasteiger partial charge in [-0.15, -0.1) is 0 Å². The Bertz CT molecular complexity index is 168. The zero-order valence-corrected chi connectivity index (χ0v) is 7.69. The molecule has 0 radical (unpaired) electrons. The molecule has 1 atom stereocenters. The molecule has 0 spiro atoms. The van der Waals surface area contributed by atoms with Crippen LogP contribution < -0.4 is 5.73 Å². The van der Waals surface area contributed by atoms with E-state index in [1.165, 1.54) is 0 Å². The summed E-state index contributed by atoms with van der Waals surface area (Å²) < 4.78 is 15.0. The standard InChI is InChI=1S/C8H15NO4/c1-2-11-8(10)6(9)5-7-12-3-4-13-7/h6-7H,2-5,9H2,1H3. The molecule has 5 nitrogen and oxygen atoms in total. The molecule has 1 heterocycles. The van der Waals surface area contributed by atoms with Crippen LogP contribution in [0.5, 0.6) is 0 Å². The van der Waals surface area contributed by atoms with Crippen molar-refractivity contribution in [3.05, 3.63) is 0 Å². The van der Waals surface area contributed by atoms with Gasteiger partial charge in [0.25, 0.3) is 0 Å². The zero-order chi connectivity index (χ0) is 9.68. The molecule has 76 valence electrons. The van der Waals surface area contributed by atoms with Crippen LogP contribution in [0.3, 0.4) is 0 Å². The molecule has 0 amide bonds. The maximum atomic E-state index is 11.1. The Morgan fingerprint density at radius 3 is 2.77 bits per heavy atom. The van der Waals surface area contributed by atoms with Crippen molar-refractivity contribution in [1.29, 1.82) is 0 Å². The molecule has 5 heteroatoms. The SMILES string of the molecule is CCOC(=O)C(N)CC1OCCO1. The van der Waals surface area contributed by atoms with E-state index in [9.17, 15) is 4.79 Å². The van der Waals surface area contributed by atoms with Crippen LogP contribution in [0.25, 0.3) is 0 Å². The molecule has 1 unspecified atom stereocenters. The van der Waals surface area contributed by atoms with Crippen molar-refractivity contribution in [3.8, 4) is 0 Å². The van der Waals surface area contributed by atoms with E-state index < -0.39 is 12.0 Å². The maximum absolute atomic E-state index is 11.1. The first-order valence-electron chi connectivity index (χ1n) is 4.39. The Morgan fingerprint density at radius 1 is 1.62 bits per heavy atom. The summed E-state index contributed by atoms with van der Waals surface area (Å²) in [5, 5.41) is 0. The van der Waals surface area contributed by atoms with Crippen molar-refractivity contribution >= 4 is 5.97 Å². The molecule has 0 aromatic heterocycles. The van der Waals surface area contributed by atoms with Crippen molar-refractivity contribution in [1.82, 2.24) is 0 Å². The maximum Gasteiger partial charge on any atom is 0.323 e. The third kappa shape index (κ3) is 3.30. The van der Waals surface area contributed by atoms with Crippen LogP contribution in [-0.4, -0.2) is 38.1 Å². The van der Waals surface area contributed by atoms with Gasteiger partial charge in [-0.2, -0.15) is 0 Å². The highest BCUT2D eigenvalue weighted by atomic mass is 16.7. The highest BCUT2D eigenvalue weighted by Gasteiger charge is 2.24. The number of rotatable bonds is 4. The smallest absolute Gasteiger partial charge is 0.323 e. The van der Waals surface area contributed by atoms with E-state index in [2.05, 4.69) is 0 Å². The van der Waals surface area contributed by atoms with Gasteiger partial charge < -0.3 is 19.9 Å². The second-order valence-electron chi connectivity index (χ2n) is 2.77. The summed E-state index contributed by atoms with van der Waals surface area (Å²) >= 11 is 0. The molecule has 1 saturated heterocycles. The summed E-state index contributed by atoms with van der Waals surface area (Å²) in [5.74, 6) is -0.401. The predicted molar refractivity (Wildman–Crippen MR) is 44.9 cm³/mol. The van der Waals surface area contributed by atoms with Gasteiger partial charge in [-0.05, 0) is 6.92 Å². The largest absolute Gasteiger partial charge is 0.465 e. The number of carbonyl (C=O) groups is 1. The number of ether oxygens (including phenoxy) is 3. The van der Waals surface area contributed by atoms with E-state index in [0.717, 1.165) is 0 Å². The van der Waals surface area contributed by atoms with Crippen molar-refractivity contribution in [3.63, 3.8) is 0 Å². The number of esters is 1. The molecule has 0 aromatic rings. The lowest BCUT2D eigenvalue weighted by Crippen LogP contribution is -2.36. The van der Waals surface area contributed by atoms with Crippen LogP contribution in [-0.2, 0) is 19.0 Å². The minimum absolute atomic E-state index is 0.346. The number of nitrogens with two attached hydrogens (primary N) is 1. The van der Waals surface area contributed by atoms with Gasteiger partial charge in [-0.1, -0.05) is 0 Å². The molecule has 2 N–H and O–H groups in total. The van der Waals surface area contributed by atoms with Gasteiger partial charge in [0.15, 0.2) is 6.29 Å². The molecule has 0 saturated carbocycles. The van der Waals surface area contributed by atoms with E-state index in [4.69, 9.17) is 19.9 Å². The summed E-state index contributed by atoms with van der Waals surface area (Å²) in [6.45, 7) is 3.23. The van der Waals surface area contributed by atoms with Crippen LogP contribution in [0, 0.1) is 0 Å². The summed E-state index contributed by atoms with van der Waals surface area (Å²) in [6.07, 6.45) is 0.0122. The monoisotopic (exact) mass is 189 g/mol. The Balaban J connectivity index is 2.22. The second-order valence-corrected chi connectivity index (χ2v) is 2.77. The highest BCUT2D eigenvalue weighted by Crippen LogP contribution is 2.09. The van der Waals surface area contributed by atoms with Crippen molar-refractivity contribution < 1.29 is 19.0 Å². The first-order chi connectivity index (χ1) is 6.24. The van der Waals surface area contributed by atoms with E-state index in [0.29, 0.717) is 26.2 Å². The minimum Gasteiger partial charge on any atom is -0.465 e. The van der Waals surface area contributed by atoms with Gasteiger partial charge in [0.1, 0.15) is 6.04 Å². The highest BCUT2D eigenvalue weighted by molar-refractivity contribution is 5.75. The fourth-order valence-electron chi connectivity index (χ4n) is 1.10. The summed E-state index contributed by atoms with van der Waals surface area (Å²) in [5.41, 5.74) is 5.55. The predicted octanol–water partition coefficient (Wildman–Crippen LogP) is -0.360. The van der Waals surface area contributed by atoms with E-state index in [-0.39, 0.29) is 6.29 Å². The van der Waals surface area contributed by atoms with Gasteiger partial charge in [0, 0.05) is 6.42 Å². The molecule has 1 aliphatic heterocycles. The molecule has 0 aromatic carbocycles. The van der Waals surface area contributed by atoms with Gasteiger partial charge in [-0.25, -0.2) is 0 Å². The Hall–Kier alpha value is -0.650. The summed E-state index contributed by atoms with van der Waals surface area (Å²) in [7, 11) is 0. The van der Waals surface area contributed by atoms with Crippen LogP contribution in [0.15, 0.2) is 0 Å². The Morgan fingerprint density at radius 2 is 2.23 bits per heavy atom. The van der Waals surface area contributed by atoms with Crippen LogP contribution >= 0.6 is 0 Å². The average Bonchev–Trinajstić information content (AvgIpc) is 2.57. The molecule has 1 fully saturated rings. The molecule has 13 heavy (non-hydrogen) atoms. The van der Waals surface area contributed by atoms with E-state index in [1.807, 2.05) is 0 Å². The average molecular weight is 189 g/mol. The third-order valence-corrected chi connectivity index (χ3v) is 1.73. The van der Waals surface area contributed by atoms with Gasteiger partial charge in [0.05, 0.1) is 19.8 Å². The van der Waals surface area contributed by atoms with Crippen LogP contribution in [0.4, 0.5) is 0 Å². The Kier molecular flexibility index (Phi) is 4.14. The van der Waals surface area contributed by atoms with Crippen molar-refractivity contribution in [2.45, 2.75) is 25.7 Å². The first kappa shape index (κ1) is 10.4. The normalized spacial score (nSPS) is 20.2. The lowest BCUT2D eigenvalue weighted by molar-refractivity contribution is -0.147. The van der Waals surface area contributed by atoms with Gasteiger partial charge >= 0.3 is 5.97 Å². The second kappa shape index (κ2) is 5.16. The van der Waals surface area contributed by atoms with Crippen molar-refractivity contribution in [2.24, 2.45) is 5.73 Å². The number of hydrogen-bond donors (Lipinski definition) is 1. The number of hydrogen-bond acceptors (Lipinski definition) is 5. The lowest BCUT2D eigenvalue weighted by Gasteiger charge is -2.13. The van der Waals surface area contributed by atoms with Crippen LogP contribution in [0.1, 0.15) is 13.3 Å². The topological polar surface area (TPSA) is 70.8 Å². The molecule has 1 rings (SSSR count). The summed E-state index contributed by atoms with van der Waals surface area (Å²) in [4.78, 5) is 11.1. The lowest BCUT2D eigenvalue weighted by atomic mass is 10.2. The van der Waals surface area contributed by atoms with E-state index >= 15 is 0 Å². The third-order valence-electron chi connectivity index (χ3n) is 1.73. The molecule has 1 aliphatic rings. The molecular weight excluding hydrogens is 174 g/mol. The number of carbonyl (C=O) groups excluding carboxylic acids is 1. The summed E-state index contributed by atoms with van der Waals surface area (Å²) in [6, 6.07) is -0.650. The minimum atomic E-state index is -0.650. The molecule has 0 bridgehead atoms. The molecule has 0 aliphatic carbocycles.